The smallest absolute Gasteiger partial charge is 0.274 e. The number of amides is 2. The maximum Gasteiger partial charge on any atom is 0.274 e. The first-order valence-corrected chi connectivity index (χ1v) is 9.67. The summed E-state index contributed by atoms with van der Waals surface area (Å²) >= 11 is 0. The molecule has 1 saturated heterocycles. The highest BCUT2D eigenvalue weighted by atomic mass is 16.2. The van der Waals surface area contributed by atoms with Crippen LogP contribution in [0.3, 0.4) is 0 Å². The van der Waals surface area contributed by atoms with Crippen LogP contribution in [0.1, 0.15) is 39.8 Å². The second-order valence-corrected chi connectivity index (χ2v) is 7.58. The van der Waals surface area contributed by atoms with Gasteiger partial charge in [-0.15, -0.1) is 0 Å². The standard InChI is InChI=1S/C23H20N4O2/c1-15-13-25-19(14-24-15)21(28)27-12-11-23(20(27)16-7-3-2-4-8-16)17-9-5-6-10-18(17)26-22(23)29/h2-10,13-14,20H,11-12H2,1H3,(H,26,29)/t20-,23+/m0/s1. The highest BCUT2D eigenvalue weighted by molar-refractivity contribution is 6.08. The summed E-state index contributed by atoms with van der Waals surface area (Å²) in [6, 6.07) is 17.1. The molecule has 3 heterocycles. The van der Waals surface area contributed by atoms with Gasteiger partial charge in [-0.05, 0) is 30.5 Å². The van der Waals surface area contributed by atoms with Gasteiger partial charge in [0.15, 0.2) is 0 Å². The zero-order valence-corrected chi connectivity index (χ0v) is 16.0. The van der Waals surface area contributed by atoms with Gasteiger partial charge >= 0.3 is 0 Å². The number of rotatable bonds is 2. The molecule has 1 spiro atoms. The van der Waals surface area contributed by atoms with Crippen LogP contribution in [0, 0.1) is 6.92 Å². The SMILES string of the molecule is Cc1cnc(C(=O)N2CC[C@]3(C(=O)Nc4ccccc43)[C@@H]2c2ccccc2)cn1. The molecule has 2 atom stereocenters. The van der Waals surface area contributed by atoms with Crippen molar-refractivity contribution in [3.05, 3.63) is 89.5 Å². The number of para-hydroxylation sites is 1. The van der Waals surface area contributed by atoms with E-state index in [9.17, 15) is 9.59 Å². The lowest BCUT2D eigenvalue weighted by Crippen LogP contribution is -2.42. The van der Waals surface area contributed by atoms with E-state index in [0.29, 0.717) is 18.7 Å². The van der Waals surface area contributed by atoms with Gasteiger partial charge in [0.1, 0.15) is 11.1 Å². The Kier molecular flexibility index (Phi) is 3.94. The third kappa shape index (κ3) is 2.56. The Balaban J connectivity index is 1.66. The highest BCUT2D eigenvalue weighted by Gasteiger charge is 2.59. The number of benzene rings is 2. The average Bonchev–Trinajstić information content (AvgIpc) is 3.28. The van der Waals surface area contributed by atoms with Crippen molar-refractivity contribution in [2.75, 3.05) is 11.9 Å². The number of nitrogens with one attached hydrogen (secondary N) is 1. The van der Waals surface area contributed by atoms with Crippen molar-refractivity contribution < 1.29 is 9.59 Å². The van der Waals surface area contributed by atoms with E-state index >= 15 is 0 Å². The van der Waals surface area contributed by atoms with Crippen molar-refractivity contribution >= 4 is 17.5 Å². The van der Waals surface area contributed by atoms with E-state index < -0.39 is 11.5 Å². The van der Waals surface area contributed by atoms with Gasteiger partial charge in [-0.2, -0.15) is 0 Å². The van der Waals surface area contributed by atoms with Crippen LogP contribution in [0.4, 0.5) is 5.69 Å². The number of likely N-dealkylation sites (tertiary alicyclic amines) is 1. The molecule has 3 aromatic rings. The first-order valence-electron chi connectivity index (χ1n) is 9.67. The minimum absolute atomic E-state index is 0.0576. The molecule has 1 aromatic heterocycles. The van der Waals surface area contributed by atoms with Gasteiger partial charge in [-0.1, -0.05) is 48.5 Å². The molecule has 2 aromatic carbocycles. The van der Waals surface area contributed by atoms with Gasteiger partial charge in [0.25, 0.3) is 5.91 Å². The van der Waals surface area contributed by atoms with Crippen LogP contribution in [-0.2, 0) is 10.2 Å². The molecular formula is C23H20N4O2. The Labute approximate surface area is 168 Å². The van der Waals surface area contributed by atoms with Crippen LogP contribution in [0.15, 0.2) is 67.0 Å². The summed E-state index contributed by atoms with van der Waals surface area (Å²) in [7, 11) is 0. The zero-order chi connectivity index (χ0) is 20.0. The van der Waals surface area contributed by atoms with Crippen LogP contribution >= 0.6 is 0 Å². The predicted octanol–water partition coefficient (Wildman–Crippen LogP) is 3.26. The van der Waals surface area contributed by atoms with Gasteiger partial charge in [0.2, 0.25) is 5.91 Å². The van der Waals surface area contributed by atoms with Crippen LogP contribution in [0.5, 0.6) is 0 Å². The third-order valence-electron chi connectivity index (χ3n) is 5.96. The lowest BCUT2D eigenvalue weighted by Gasteiger charge is -2.34. The first kappa shape index (κ1) is 17.6. The van der Waals surface area contributed by atoms with Gasteiger partial charge in [-0.25, -0.2) is 4.98 Å². The number of hydrogen-bond acceptors (Lipinski definition) is 4. The van der Waals surface area contributed by atoms with E-state index in [4.69, 9.17) is 0 Å². The summed E-state index contributed by atoms with van der Waals surface area (Å²) in [5.74, 6) is -0.266. The quantitative estimate of drug-likeness (QED) is 0.736. The average molecular weight is 384 g/mol. The van der Waals surface area contributed by atoms with E-state index in [1.54, 1.807) is 11.1 Å². The monoisotopic (exact) mass is 384 g/mol. The van der Waals surface area contributed by atoms with E-state index in [-0.39, 0.29) is 11.8 Å². The number of nitrogens with zero attached hydrogens (tertiary/aromatic N) is 3. The molecule has 2 aliphatic heterocycles. The van der Waals surface area contributed by atoms with Crippen molar-refractivity contribution in [2.45, 2.75) is 24.8 Å². The van der Waals surface area contributed by atoms with Crippen molar-refractivity contribution in [1.82, 2.24) is 14.9 Å². The number of aromatic nitrogens is 2. The molecular weight excluding hydrogens is 364 g/mol. The Morgan fingerprint density at radius 2 is 1.83 bits per heavy atom. The molecule has 5 rings (SSSR count). The van der Waals surface area contributed by atoms with Gasteiger partial charge < -0.3 is 10.2 Å². The molecule has 6 heteroatoms. The summed E-state index contributed by atoms with van der Waals surface area (Å²) in [6.45, 7) is 2.30. The second-order valence-electron chi connectivity index (χ2n) is 7.58. The molecule has 0 bridgehead atoms. The summed E-state index contributed by atoms with van der Waals surface area (Å²) < 4.78 is 0. The molecule has 1 fully saturated rings. The van der Waals surface area contributed by atoms with Gasteiger partial charge in [0.05, 0.1) is 17.9 Å². The minimum atomic E-state index is -0.814. The van der Waals surface area contributed by atoms with Gasteiger partial charge in [0, 0.05) is 18.4 Å². The molecule has 2 amide bonds. The molecule has 0 radical (unpaired) electrons. The van der Waals surface area contributed by atoms with E-state index in [0.717, 1.165) is 22.5 Å². The molecule has 0 saturated carbocycles. The summed E-state index contributed by atoms with van der Waals surface area (Å²) in [5, 5.41) is 3.03. The molecule has 144 valence electrons. The van der Waals surface area contributed by atoms with E-state index in [1.165, 1.54) is 6.20 Å². The van der Waals surface area contributed by atoms with Crippen molar-refractivity contribution in [2.24, 2.45) is 0 Å². The fraction of sp³-hybridized carbons (Fsp3) is 0.217. The Morgan fingerprint density at radius 3 is 2.59 bits per heavy atom. The van der Waals surface area contributed by atoms with E-state index in [2.05, 4.69) is 15.3 Å². The molecule has 0 aliphatic carbocycles. The van der Waals surface area contributed by atoms with E-state index in [1.807, 2.05) is 61.5 Å². The maximum absolute atomic E-state index is 13.4. The Bertz CT molecular complexity index is 1100. The Morgan fingerprint density at radius 1 is 1.07 bits per heavy atom. The summed E-state index contributed by atoms with van der Waals surface area (Å²) in [6.07, 6.45) is 3.65. The third-order valence-corrected chi connectivity index (χ3v) is 5.96. The molecule has 6 nitrogen and oxygen atoms in total. The number of hydrogen-bond donors (Lipinski definition) is 1. The number of aryl methyl sites for hydroxylation is 1. The summed E-state index contributed by atoms with van der Waals surface area (Å²) in [5.41, 5.74) is 2.94. The molecule has 2 aliphatic rings. The normalized spacial score (nSPS) is 22.6. The van der Waals surface area contributed by atoms with Crippen LogP contribution in [0.25, 0.3) is 0 Å². The van der Waals surface area contributed by atoms with Crippen LogP contribution in [0.2, 0.25) is 0 Å². The zero-order valence-electron chi connectivity index (χ0n) is 16.0. The van der Waals surface area contributed by atoms with Crippen LogP contribution < -0.4 is 5.32 Å². The van der Waals surface area contributed by atoms with Crippen LogP contribution in [-0.4, -0.2) is 33.2 Å². The fourth-order valence-electron chi connectivity index (χ4n) is 4.65. The lowest BCUT2D eigenvalue weighted by molar-refractivity contribution is -0.121. The minimum Gasteiger partial charge on any atom is -0.329 e. The molecule has 0 unspecified atom stereocenters. The number of fused-ring (bicyclic) bond motifs is 2. The largest absolute Gasteiger partial charge is 0.329 e. The highest BCUT2D eigenvalue weighted by Crippen LogP contribution is 2.54. The molecule has 29 heavy (non-hydrogen) atoms. The molecule has 1 N–H and O–H groups in total. The number of anilines is 1. The summed E-state index contributed by atoms with van der Waals surface area (Å²) in [4.78, 5) is 37.0. The van der Waals surface area contributed by atoms with Crippen molar-refractivity contribution in [3.63, 3.8) is 0 Å². The van der Waals surface area contributed by atoms with Gasteiger partial charge in [-0.3, -0.25) is 14.6 Å². The number of carbonyl (C=O) groups is 2. The fourth-order valence-corrected chi connectivity index (χ4v) is 4.65. The lowest BCUT2D eigenvalue weighted by atomic mass is 9.72. The Hall–Kier alpha value is -3.54. The maximum atomic E-state index is 13.4. The first-order chi connectivity index (χ1) is 14.1. The predicted molar refractivity (Wildman–Crippen MR) is 108 cm³/mol. The van der Waals surface area contributed by atoms with Crippen molar-refractivity contribution in [3.8, 4) is 0 Å². The topological polar surface area (TPSA) is 75.2 Å². The van der Waals surface area contributed by atoms with Crippen molar-refractivity contribution in [1.29, 1.82) is 0 Å². The second kappa shape index (κ2) is 6.51. The number of carbonyl (C=O) groups excluding carboxylic acids is 2.